The highest BCUT2D eigenvalue weighted by molar-refractivity contribution is 6.42. The molecule has 0 saturated carbocycles. The number of hydrogen-bond donors (Lipinski definition) is 1. The minimum Gasteiger partial charge on any atom is -0.495 e. The number of rotatable bonds is 4. The summed E-state index contributed by atoms with van der Waals surface area (Å²) in [5.74, 6) is 0.720. The summed E-state index contributed by atoms with van der Waals surface area (Å²) >= 11 is 12.0. The standard InChI is InChI=1S/C14H14Cl2N2O/c1-17-14(9-3-4-12(15)13(16)6-9)10-5-11(19-2)8-18-7-10/h3-8,14,17H,1-2H3. The smallest absolute Gasteiger partial charge is 0.137 e. The molecule has 2 aromatic rings. The van der Waals surface area contributed by atoms with Crippen molar-refractivity contribution in [1.82, 2.24) is 10.3 Å². The Morgan fingerprint density at radius 3 is 2.53 bits per heavy atom. The van der Waals surface area contributed by atoms with Gasteiger partial charge in [-0.1, -0.05) is 29.3 Å². The second kappa shape index (κ2) is 6.24. The van der Waals surface area contributed by atoms with Gasteiger partial charge < -0.3 is 10.1 Å². The van der Waals surface area contributed by atoms with Crippen molar-refractivity contribution in [2.45, 2.75) is 6.04 Å². The topological polar surface area (TPSA) is 34.2 Å². The number of benzene rings is 1. The number of methoxy groups -OCH3 is 1. The lowest BCUT2D eigenvalue weighted by Crippen LogP contribution is -2.17. The van der Waals surface area contributed by atoms with E-state index in [1.165, 1.54) is 0 Å². The van der Waals surface area contributed by atoms with Crippen molar-refractivity contribution in [2.24, 2.45) is 0 Å². The quantitative estimate of drug-likeness (QED) is 0.934. The van der Waals surface area contributed by atoms with Crippen LogP contribution in [0.4, 0.5) is 0 Å². The van der Waals surface area contributed by atoms with Crippen LogP contribution in [0, 0.1) is 0 Å². The number of ether oxygens (including phenoxy) is 1. The Balaban J connectivity index is 2.40. The van der Waals surface area contributed by atoms with Crippen LogP contribution in [0.15, 0.2) is 36.7 Å². The third-order valence-electron chi connectivity index (χ3n) is 2.87. The lowest BCUT2D eigenvalue weighted by molar-refractivity contribution is 0.411. The Hall–Kier alpha value is -1.29. The van der Waals surface area contributed by atoms with Crippen molar-refractivity contribution in [3.05, 3.63) is 57.8 Å². The zero-order valence-electron chi connectivity index (χ0n) is 10.7. The summed E-state index contributed by atoms with van der Waals surface area (Å²) in [6, 6.07) is 7.50. The van der Waals surface area contributed by atoms with E-state index in [4.69, 9.17) is 27.9 Å². The van der Waals surface area contributed by atoms with Crippen molar-refractivity contribution in [2.75, 3.05) is 14.2 Å². The molecule has 5 heteroatoms. The van der Waals surface area contributed by atoms with E-state index in [1.54, 1.807) is 25.6 Å². The Kier molecular flexibility index (Phi) is 4.64. The highest BCUT2D eigenvalue weighted by Crippen LogP contribution is 2.29. The minimum atomic E-state index is -0.0163. The average molecular weight is 297 g/mol. The van der Waals surface area contributed by atoms with Crippen molar-refractivity contribution < 1.29 is 4.74 Å². The molecule has 100 valence electrons. The van der Waals surface area contributed by atoms with Gasteiger partial charge >= 0.3 is 0 Å². The third-order valence-corrected chi connectivity index (χ3v) is 3.61. The molecule has 0 aliphatic carbocycles. The fraction of sp³-hybridized carbons (Fsp3) is 0.214. The van der Waals surface area contributed by atoms with E-state index in [-0.39, 0.29) is 6.04 Å². The van der Waals surface area contributed by atoms with Gasteiger partial charge in [-0.3, -0.25) is 4.98 Å². The molecule has 0 aliphatic heterocycles. The summed E-state index contributed by atoms with van der Waals surface area (Å²) in [6.45, 7) is 0. The van der Waals surface area contributed by atoms with E-state index in [1.807, 2.05) is 25.2 Å². The molecule has 0 amide bonds. The molecule has 2 rings (SSSR count). The maximum atomic E-state index is 6.06. The third kappa shape index (κ3) is 3.18. The molecule has 0 aliphatic rings. The lowest BCUT2D eigenvalue weighted by atomic mass is 10.0. The van der Waals surface area contributed by atoms with Crippen LogP contribution in [0.25, 0.3) is 0 Å². The van der Waals surface area contributed by atoms with Crippen molar-refractivity contribution >= 4 is 23.2 Å². The zero-order chi connectivity index (χ0) is 13.8. The van der Waals surface area contributed by atoms with Crippen LogP contribution in [0.2, 0.25) is 10.0 Å². The SMILES string of the molecule is CNC(c1cncc(OC)c1)c1ccc(Cl)c(Cl)c1. The molecule has 0 saturated heterocycles. The van der Waals surface area contributed by atoms with Gasteiger partial charge in [0.05, 0.1) is 29.4 Å². The molecule has 1 N–H and O–H groups in total. The first-order chi connectivity index (χ1) is 9.15. The molecule has 19 heavy (non-hydrogen) atoms. The van der Waals surface area contributed by atoms with E-state index in [9.17, 15) is 0 Å². The highest BCUT2D eigenvalue weighted by atomic mass is 35.5. The van der Waals surface area contributed by atoms with Gasteiger partial charge in [-0.15, -0.1) is 0 Å². The van der Waals surface area contributed by atoms with Crippen molar-refractivity contribution in [3.63, 3.8) is 0 Å². The van der Waals surface area contributed by atoms with Crippen LogP contribution in [0.3, 0.4) is 0 Å². The molecule has 0 radical (unpaired) electrons. The summed E-state index contributed by atoms with van der Waals surface area (Å²) in [5, 5.41) is 4.32. The Morgan fingerprint density at radius 2 is 1.89 bits per heavy atom. The second-order valence-corrected chi connectivity index (χ2v) is 4.87. The minimum absolute atomic E-state index is 0.0163. The average Bonchev–Trinajstić information content (AvgIpc) is 2.44. The van der Waals surface area contributed by atoms with Gasteiger partial charge in [0, 0.05) is 6.20 Å². The van der Waals surface area contributed by atoms with E-state index < -0.39 is 0 Å². The fourth-order valence-electron chi connectivity index (χ4n) is 1.92. The van der Waals surface area contributed by atoms with Crippen LogP contribution in [-0.4, -0.2) is 19.1 Å². The second-order valence-electron chi connectivity index (χ2n) is 4.05. The van der Waals surface area contributed by atoms with Crippen LogP contribution in [0.5, 0.6) is 5.75 Å². The molecule has 0 fully saturated rings. The fourth-order valence-corrected chi connectivity index (χ4v) is 2.23. The summed E-state index contributed by atoms with van der Waals surface area (Å²) in [7, 11) is 3.50. The normalized spacial score (nSPS) is 12.2. The van der Waals surface area contributed by atoms with Crippen LogP contribution >= 0.6 is 23.2 Å². The molecule has 1 aromatic heterocycles. The molecule has 1 atom stereocenters. The van der Waals surface area contributed by atoms with Crippen LogP contribution in [0.1, 0.15) is 17.2 Å². The van der Waals surface area contributed by atoms with Gasteiger partial charge in [-0.05, 0) is 36.4 Å². The maximum absolute atomic E-state index is 6.06. The lowest BCUT2D eigenvalue weighted by Gasteiger charge is -2.18. The summed E-state index contributed by atoms with van der Waals surface area (Å²) in [5.41, 5.74) is 2.02. The summed E-state index contributed by atoms with van der Waals surface area (Å²) < 4.78 is 5.19. The van der Waals surface area contributed by atoms with Crippen molar-refractivity contribution in [1.29, 1.82) is 0 Å². The largest absolute Gasteiger partial charge is 0.495 e. The molecular weight excluding hydrogens is 283 g/mol. The van der Waals surface area contributed by atoms with E-state index in [2.05, 4.69) is 10.3 Å². The molecule has 1 heterocycles. The zero-order valence-corrected chi connectivity index (χ0v) is 12.2. The number of halogens is 2. The molecular formula is C14H14Cl2N2O. The van der Waals surface area contributed by atoms with Gasteiger partial charge in [-0.25, -0.2) is 0 Å². The molecule has 0 bridgehead atoms. The maximum Gasteiger partial charge on any atom is 0.137 e. The number of nitrogens with zero attached hydrogens (tertiary/aromatic N) is 1. The van der Waals surface area contributed by atoms with E-state index in [0.717, 1.165) is 16.9 Å². The van der Waals surface area contributed by atoms with Gasteiger partial charge in [-0.2, -0.15) is 0 Å². The number of nitrogens with one attached hydrogen (secondary N) is 1. The number of aromatic nitrogens is 1. The molecule has 3 nitrogen and oxygen atoms in total. The number of hydrogen-bond acceptors (Lipinski definition) is 3. The first-order valence-electron chi connectivity index (χ1n) is 5.77. The Labute approximate surface area is 122 Å². The van der Waals surface area contributed by atoms with Gasteiger partial charge in [0.15, 0.2) is 0 Å². The van der Waals surface area contributed by atoms with E-state index in [0.29, 0.717) is 10.0 Å². The predicted octanol–water partition coefficient (Wildman–Crippen LogP) is 3.71. The van der Waals surface area contributed by atoms with Crippen molar-refractivity contribution in [3.8, 4) is 5.75 Å². The Bertz CT molecular complexity index is 575. The monoisotopic (exact) mass is 296 g/mol. The predicted molar refractivity (Wildman–Crippen MR) is 78.2 cm³/mol. The molecule has 1 unspecified atom stereocenters. The number of pyridine rings is 1. The first kappa shape index (κ1) is 14.1. The first-order valence-corrected chi connectivity index (χ1v) is 6.52. The molecule has 1 aromatic carbocycles. The highest BCUT2D eigenvalue weighted by Gasteiger charge is 2.14. The van der Waals surface area contributed by atoms with Crippen LogP contribution < -0.4 is 10.1 Å². The summed E-state index contributed by atoms with van der Waals surface area (Å²) in [6.07, 6.45) is 3.47. The van der Waals surface area contributed by atoms with Gasteiger partial charge in [0.25, 0.3) is 0 Å². The van der Waals surface area contributed by atoms with E-state index >= 15 is 0 Å². The molecule has 0 spiro atoms. The summed E-state index contributed by atoms with van der Waals surface area (Å²) in [4.78, 5) is 4.17. The van der Waals surface area contributed by atoms with Gasteiger partial charge in [0.2, 0.25) is 0 Å². The Morgan fingerprint density at radius 1 is 1.11 bits per heavy atom. The van der Waals surface area contributed by atoms with Crippen LogP contribution in [-0.2, 0) is 0 Å². The van der Waals surface area contributed by atoms with Gasteiger partial charge in [0.1, 0.15) is 5.75 Å².